The summed E-state index contributed by atoms with van der Waals surface area (Å²) >= 11 is 1.55. The Labute approximate surface area is 102 Å². The summed E-state index contributed by atoms with van der Waals surface area (Å²) in [4.78, 5) is 18.6. The summed E-state index contributed by atoms with van der Waals surface area (Å²) in [5, 5.41) is 8.94. The number of carboxylic acids is 1. The first-order valence-electron chi connectivity index (χ1n) is 4.89. The van der Waals surface area contributed by atoms with Crippen LogP contribution in [0, 0.1) is 0 Å². The molecule has 0 bridgehead atoms. The first kappa shape index (κ1) is 11.7. The van der Waals surface area contributed by atoms with Crippen LogP contribution >= 0.6 is 11.8 Å². The number of rotatable bonds is 5. The Morgan fingerprint density at radius 3 is 3.06 bits per heavy atom. The van der Waals surface area contributed by atoms with Crippen molar-refractivity contribution in [1.29, 1.82) is 0 Å². The molecule has 2 rings (SSSR count). The molecule has 0 aliphatic carbocycles. The highest BCUT2D eigenvalue weighted by Gasteiger charge is 2.11. The molecular weight excluding hydrogens is 240 g/mol. The standard InChI is InChI=1S/C11H10N2O3S/c14-11(15)9-4-12-7-13-10(9)6-17-5-8-2-1-3-16-8/h1-4,7H,5-6H2,(H,14,15). The van der Waals surface area contributed by atoms with Crippen molar-refractivity contribution in [3.8, 4) is 0 Å². The van der Waals surface area contributed by atoms with Gasteiger partial charge in [0.05, 0.1) is 17.7 Å². The van der Waals surface area contributed by atoms with Crippen LogP contribution in [-0.4, -0.2) is 21.0 Å². The molecule has 2 heterocycles. The van der Waals surface area contributed by atoms with E-state index in [4.69, 9.17) is 9.52 Å². The maximum atomic E-state index is 10.9. The average Bonchev–Trinajstić information content (AvgIpc) is 2.82. The molecule has 17 heavy (non-hydrogen) atoms. The molecule has 0 saturated heterocycles. The van der Waals surface area contributed by atoms with Gasteiger partial charge in [-0.2, -0.15) is 0 Å². The Hall–Kier alpha value is -1.82. The monoisotopic (exact) mass is 250 g/mol. The topological polar surface area (TPSA) is 76.2 Å². The highest BCUT2D eigenvalue weighted by Crippen LogP contribution is 2.18. The van der Waals surface area contributed by atoms with E-state index in [-0.39, 0.29) is 5.56 Å². The van der Waals surface area contributed by atoms with Gasteiger partial charge in [-0.05, 0) is 12.1 Å². The zero-order chi connectivity index (χ0) is 12.1. The van der Waals surface area contributed by atoms with Crippen LogP contribution in [0.2, 0.25) is 0 Å². The molecule has 6 heteroatoms. The Kier molecular flexibility index (Phi) is 3.77. The predicted octanol–water partition coefficient (Wildman–Crippen LogP) is 2.20. The van der Waals surface area contributed by atoms with Crippen LogP contribution in [-0.2, 0) is 11.5 Å². The Morgan fingerprint density at radius 1 is 1.47 bits per heavy atom. The first-order chi connectivity index (χ1) is 8.27. The summed E-state index contributed by atoms with van der Waals surface area (Å²) in [7, 11) is 0. The third-order valence-corrected chi connectivity index (χ3v) is 3.05. The van der Waals surface area contributed by atoms with Gasteiger partial charge in [-0.15, -0.1) is 11.8 Å². The number of hydrogen-bond acceptors (Lipinski definition) is 5. The number of aromatic nitrogens is 2. The third-order valence-electron chi connectivity index (χ3n) is 2.09. The van der Waals surface area contributed by atoms with Gasteiger partial charge >= 0.3 is 5.97 Å². The van der Waals surface area contributed by atoms with E-state index in [2.05, 4.69) is 9.97 Å². The normalized spacial score (nSPS) is 10.4. The zero-order valence-corrected chi connectivity index (χ0v) is 9.68. The molecule has 0 aliphatic heterocycles. The second-order valence-electron chi connectivity index (χ2n) is 3.26. The Balaban J connectivity index is 1.97. The number of thioether (sulfide) groups is 1. The number of carbonyl (C=O) groups is 1. The summed E-state index contributed by atoms with van der Waals surface area (Å²) in [6, 6.07) is 3.70. The van der Waals surface area contributed by atoms with Gasteiger partial charge in [0.2, 0.25) is 0 Å². The molecule has 0 unspecified atom stereocenters. The third kappa shape index (κ3) is 3.07. The van der Waals surface area contributed by atoms with Crippen LogP contribution in [0.4, 0.5) is 0 Å². The van der Waals surface area contributed by atoms with Crippen molar-refractivity contribution in [1.82, 2.24) is 9.97 Å². The quantitative estimate of drug-likeness (QED) is 0.876. The molecule has 2 aromatic heterocycles. The van der Waals surface area contributed by atoms with Crippen molar-refractivity contribution in [2.45, 2.75) is 11.5 Å². The molecule has 0 fully saturated rings. The number of nitrogens with zero attached hydrogens (tertiary/aromatic N) is 2. The van der Waals surface area contributed by atoms with Gasteiger partial charge < -0.3 is 9.52 Å². The van der Waals surface area contributed by atoms with Crippen LogP contribution in [0.1, 0.15) is 21.8 Å². The van der Waals surface area contributed by atoms with E-state index in [9.17, 15) is 4.79 Å². The molecule has 0 saturated carbocycles. The van der Waals surface area contributed by atoms with E-state index in [1.165, 1.54) is 12.5 Å². The van der Waals surface area contributed by atoms with E-state index < -0.39 is 5.97 Å². The minimum atomic E-state index is -1.00. The van der Waals surface area contributed by atoms with E-state index in [1.807, 2.05) is 12.1 Å². The van der Waals surface area contributed by atoms with Gasteiger partial charge in [0.1, 0.15) is 17.7 Å². The lowest BCUT2D eigenvalue weighted by molar-refractivity contribution is 0.0695. The molecule has 0 spiro atoms. The van der Waals surface area contributed by atoms with Gasteiger partial charge in [0.25, 0.3) is 0 Å². The van der Waals surface area contributed by atoms with Crippen molar-refractivity contribution in [2.75, 3.05) is 0 Å². The Morgan fingerprint density at radius 2 is 2.35 bits per heavy atom. The lowest BCUT2D eigenvalue weighted by Gasteiger charge is -2.02. The van der Waals surface area contributed by atoms with Crippen LogP contribution < -0.4 is 0 Å². The van der Waals surface area contributed by atoms with Gasteiger partial charge in [0.15, 0.2) is 0 Å². The van der Waals surface area contributed by atoms with Gasteiger partial charge in [0, 0.05) is 11.9 Å². The second kappa shape index (κ2) is 5.49. The van der Waals surface area contributed by atoms with Gasteiger partial charge in [-0.1, -0.05) is 0 Å². The number of carboxylic acid groups (broad SMARTS) is 1. The fraction of sp³-hybridized carbons (Fsp3) is 0.182. The highest BCUT2D eigenvalue weighted by molar-refractivity contribution is 7.97. The van der Waals surface area contributed by atoms with E-state index >= 15 is 0 Å². The summed E-state index contributed by atoms with van der Waals surface area (Å²) in [5.74, 6) is 1.07. The fourth-order valence-electron chi connectivity index (χ4n) is 1.29. The second-order valence-corrected chi connectivity index (χ2v) is 4.25. The summed E-state index contributed by atoms with van der Waals surface area (Å²) in [6.45, 7) is 0. The van der Waals surface area contributed by atoms with E-state index in [0.717, 1.165) is 5.76 Å². The largest absolute Gasteiger partial charge is 0.478 e. The number of hydrogen-bond donors (Lipinski definition) is 1. The SMILES string of the molecule is O=C(O)c1cncnc1CSCc1ccco1. The van der Waals surface area contributed by atoms with Crippen LogP contribution in [0.5, 0.6) is 0 Å². The van der Waals surface area contributed by atoms with Crippen LogP contribution in [0.15, 0.2) is 35.3 Å². The lowest BCUT2D eigenvalue weighted by atomic mass is 10.2. The maximum Gasteiger partial charge on any atom is 0.339 e. The minimum absolute atomic E-state index is 0.152. The zero-order valence-electron chi connectivity index (χ0n) is 8.87. The van der Waals surface area contributed by atoms with Crippen molar-refractivity contribution < 1.29 is 14.3 Å². The fourth-order valence-corrected chi connectivity index (χ4v) is 2.18. The molecule has 2 aromatic rings. The van der Waals surface area contributed by atoms with E-state index in [1.54, 1.807) is 18.0 Å². The highest BCUT2D eigenvalue weighted by atomic mass is 32.2. The minimum Gasteiger partial charge on any atom is -0.478 e. The van der Waals surface area contributed by atoms with Gasteiger partial charge in [-0.25, -0.2) is 14.8 Å². The maximum absolute atomic E-state index is 10.9. The Bertz CT molecular complexity index is 499. The number of furan rings is 1. The summed E-state index contributed by atoms with van der Waals surface area (Å²) < 4.78 is 5.18. The molecule has 5 nitrogen and oxygen atoms in total. The van der Waals surface area contributed by atoms with Crippen LogP contribution in [0.25, 0.3) is 0 Å². The average molecular weight is 250 g/mol. The van der Waals surface area contributed by atoms with Crippen molar-refractivity contribution in [3.05, 3.63) is 47.9 Å². The molecular formula is C11H10N2O3S. The van der Waals surface area contributed by atoms with Crippen molar-refractivity contribution in [3.63, 3.8) is 0 Å². The number of aromatic carboxylic acids is 1. The molecule has 0 amide bonds. The molecule has 0 radical (unpaired) electrons. The smallest absolute Gasteiger partial charge is 0.339 e. The van der Waals surface area contributed by atoms with Crippen molar-refractivity contribution >= 4 is 17.7 Å². The van der Waals surface area contributed by atoms with Gasteiger partial charge in [-0.3, -0.25) is 0 Å². The molecule has 0 aromatic carbocycles. The first-order valence-corrected chi connectivity index (χ1v) is 6.05. The summed E-state index contributed by atoms with van der Waals surface area (Å²) in [5.41, 5.74) is 0.684. The molecule has 0 atom stereocenters. The van der Waals surface area contributed by atoms with Crippen LogP contribution in [0.3, 0.4) is 0 Å². The lowest BCUT2D eigenvalue weighted by Crippen LogP contribution is -2.04. The molecule has 1 N–H and O–H groups in total. The summed E-state index contributed by atoms with van der Waals surface area (Å²) in [6.07, 6.45) is 4.29. The molecule has 0 aliphatic rings. The molecule has 88 valence electrons. The van der Waals surface area contributed by atoms with E-state index in [0.29, 0.717) is 17.2 Å². The predicted molar refractivity (Wildman–Crippen MR) is 62.7 cm³/mol. The van der Waals surface area contributed by atoms with Crippen molar-refractivity contribution in [2.24, 2.45) is 0 Å².